The van der Waals surface area contributed by atoms with E-state index in [4.69, 9.17) is 16.3 Å². The molecule has 0 aliphatic heterocycles. The van der Waals surface area contributed by atoms with Crippen LogP contribution >= 0.6 is 11.6 Å². The van der Waals surface area contributed by atoms with Gasteiger partial charge in [-0.2, -0.15) is 0 Å². The summed E-state index contributed by atoms with van der Waals surface area (Å²) in [7, 11) is 1.58. The lowest BCUT2D eigenvalue weighted by Gasteiger charge is -2.23. The molecular weight excluding hydrogens is 400 g/mol. The maximum atomic E-state index is 13.3. The molecule has 30 heavy (non-hydrogen) atoms. The van der Waals surface area contributed by atoms with Crippen LogP contribution in [0.2, 0.25) is 5.02 Å². The fraction of sp³-hybridized carbons (Fsp3) is 0.0833. The van der Waals surface area contributed by atoms with Crippen LogP contribution in [-0.2, 0) is 6.54 Å². The van der Waals surface area contributed by atoms with Crippen LogP contribution in [0.25, 0.3) is 10.9 Å². The van der Waals surface area contributed by atoms with Crippen LogP contribution in [0.1, 0.15) is 15.9 Å². The van der Waals surface area contributed by atoms with Gasteiger partial charge in [0.05, 0.1) is 13.7 Å². The van der Waals surface area contributed by atoms with Crippen molar-refractivity contribution in [3.8, 4) is 5.75 Å². The number of methoxy groups -OCH3 is 1. The Bertz CT molecular complexity index is 1250. The van der Waals surface area contributed by atoms with Crippen molar-refractivity contribution in [1.82, 2.24) is 4.98 Å². The summed E-state index contributed by atoms with van der Waals surface area (Å²) in [5, 5.41) is 1.45. The van der Waals surface area contributed by atoms with Crippen LogP contribution in [0.15, 0.2) is 83.7 Å². The van der Waals surface area contributed by atoms with Gasteiger partial charge < -0.3 is 14.6 Å². The number of amides is 1. The molecule has 0 radical (unpaired) electrons. The molecule has 0 atom stereocenters. The molecule has 150 valence electrons. The van der Waals surface area contributed by atoms with Gasteiger partial charge in [0.1, 0.15) is 5.75 Å². The number of carbonyl (C=O) groups excluding carboxylic acids is 1. The largest absolute Gasteiger partial charge is 0.497 e. The van der Waals surface area contributed by atoms with Gasteiger partial charge in [-0.1, -0.05) is 29.8 Å². The molecular formula is C24H19ClN2O3. The number of fused-ring (bicyclic) bond motifs is 1. The highest BCUT2D eigenvalue weighted by Crippen LogP contribution is 2.24. The molecule has 0 aliphatic carbocycles. The molecule has 0 saturated heterocycles. The summed E-state index contributed by atoms with van der Waals surface area (Å²) < 4.78 is 5.22. The number of aromatic amines is 1. The van der Waals surface area contributed by atoms with Crippen LogP contribution in [0, 0.1) is 0 Å². The van der Waals surface area contributed by atoms with Crippen molar-refractivity contribution in [3.63, 3.8) is 0 Å². The summed E-state index contributed by atoms with van der Waals surface area (Å²) in [4.78, 5) is 30.5. The molecule has 4 aromatic rings. The molecule has 1 amide bonds. The predicted octanol–water partition coefficient (Wildman–Crippen LogP) is 5.04. The highest BCUT2D eigenvalue weighted by Gasteiger charge is 2.20. The lowest BCUT2D eigenvalue weighted by Crippen LogP contribution is -2.32. The smallest absolute Gasteiger partial charge is 0.258 e. The van der Waals surface area contributed by atoms with Gasteiger partial charge in [-0.15, -0.1) is 0 Å². The molecule has 5 nitrogen and oxygen atoms in total. The molecule has 0 unspecified atom stereocenters. The number of hydrogen-bond donors (Lipinski definition) is 1. The second-order valence-corrected chi connectivity index (χ2v) is 7.24. The van der Waals surface area contributed by atoms with Crippen molar-refractivity contribution >= 4 is 34.1 Å². The lowest BCUT2D eigenvalue weighted by molar-refractivity contribution is 0.0985. The first-order valence-electron chi connectivity index (χ1n) is 9.37. The number of halogens is 1. The molecule has 6 heteroatoms. The highest BCUT2D eigenvalue weighted by atomic mass is 35.5. The minimum absolute atomic E-state index is 0.119. The number of benzene rings is 3. The number of nitrogens with zero attached hydrogens (tertiary/aromatic N) is 1. The molecule has 3 aromatic carbocycles. The van der Waals surface area contributed by atoms with Crippen LogP contribution in [0.3, 0.4) is 0 Å². The lowest BCUT2D eigenvalue weighted by atomic mass is 10.1. The maximum absolute atomic E-state index is 13.3. The monoisotopic (exact) mass is 418 g/mol. The molecule has 0 spiro atoms. The van der Waals surface area contributed by atoms with Gasteiger partial charge in [0.25, 0.3) is 11.5 Å². The molecule has 1 N–H and O–H groups in total. The Morgan fingerprint density at radius 1 is 1.00 bits per heavy atom. The van der Waals surface area contributed by atoms with Crippen LogP contribution in [-0.4, -0.2) is 18.0 Å². The Hall–Kier alpha value is -3.57. The minimum atomic E-state index is -0.232. The Balaban J connectivity index is 1.76. The second-order valence-electron chi connectivity index (χ2n) is 6.81. The zero-order chi connectivity index (χ0) is 21.1. The fourth-order valence-corrected chi connectivity index (χ4v) is 3.40. The zero-order valence-electron chi connectivity index (χ0n) is 16.3. The average molecular weight is 419 g/mol. The third-order valence-electron chi connectivity index (χ3n) is 4.88. The summed E-state index contributed by atoms with van der Waals surface area (Å²) in [5.74, 6) is 0.450. The average Bonchev–Trinajstić information content (AvgIpc) is 2.78. The van der Waals surface area contributed by atoms with Crippen LogP contribution < -0.4 is 15.2 Å². The number of H-pyrrole nitrogens is 1. The first kappa shape index (κ1) is 19.7. The summed E-state index contributed by atoms with van der Waals surface area (Å²) in [6, 6.07) is 23.2. The third kappa shape index (κ3) is 4.07. The van der Waals surface area contributed by atoms with Gasteiger partial charge in [0, 0.05) is 27.4 Å². The van der Waals surface area contributed by atoms with E-state index in [1.807, 2.05) is 30.3 Å². The van der Waals surface area contributed by atoms with Gasteiger partial charge in [0.2, 0.25) is 0 Å². The van der Waals surface area contributed by atoms with E-state index in [2.05, 4.69) is 4.98 Å². The Morgan fingerprint density at radius 2 is 1.70 bits per heavy atom. The van der Waals surface area contributed by atoms with Crippen molar-refractivity contribution in [2.24, 2.45) is 0 Å². The van der Waals surface area contributed by atoms with Gasteiger partial charge in [-0.25, -0.2) is 0 Å². The normalized spacial score (nSPS) is 10.7. The molecule has 0 aliphatic rings. The number of para-hydroxylation sites is 1. The Kier molecular flexibility index (Phi) is 5.55. The third-order valence-corrected chi connectivity index (χ3v) is 5.13. The van der Waals surface area contributed by atoms with Crippen molar-refractivity contribution in [2.75, 3.05) is 12.0 Å². The number of rotatable bonds is 5. The molecule has 0 saturated carbocycles. The molecule has 1 heterocycles. The van der Waals surface area contributed by atoms with Gasteiger partial charge in [-0.05, 0) is 66.0 Å². The fourth-order valence-electron chi connectivity index (χ4n) is 3.27. The van der Waals surface area contributed by atoms with E-state index in [0.717, 1.165) is 10.9 Å². The summed E-state index contributed by atoms with van der Waals surface area (Å²) in [6.07, 6.45) is 0. The molecule has 4 rings (SSSR count). The van der Waals surface area contributed by atoms with E-state index < -0.39 is 0 Å². The number of hydrogen-bond acceptors (Lipinski definition) is 3. The zero-order valence-corrected chi connectivity index (χ0v) is 17.0. The Labute approximate surface area is 178 Å². The summed E-state index contributed by atoms with van der Waals surface area (Å²) in [5.41, 5.74) is 2.16. The maximum Gasteiger partial charge on any atom is 0.258 e. The summed E-state index contributed by atoms with van der Waals surface area (Å²) in [6.45, 7) is 0.119. The molecule has 0 bridgehead atoms. The van der Waals surface area contributed by atoms with Gasteiger partial charge in [0.15, 0.2) is 0 Å². The standard InChI is InChI=1S/C24H19ClN2O3/c1-30-21-12-10-20(11-13-21)27(24(29)16-6-8-19(25)9-7-16)15-18-14-17-4-2-3-5-22(17)26-23(18)28/h2-14H,15H2,1H3,(H,26,28). The van der Waals surface area contributed by atoms with E-state index in [-0.39, 0.29) is 18.0 Å². The predicted molar refractivity (Wildman–Crippen MR) is 120 cm³/mol. The van der Waals surface area contributed by atoms with Crippen molar-refractivity contribution < 1.29 is 9.53 Å². The highest BCUT2D eigenvalue weighted by molar-refractivity contribution is 6.30. The molecule has 1 aromatic heterocycles. The van der Waals surface area contributed by atoms with Crippen LogP contribution in [0.5, 0.6) is 5.75 Å². The molecule has 0 fully saturated rings. The number of ether oxygens (including phenoxy) is 1. The van der Waals surface area contributed by atoms with Crippen LogP contribution in [0.4, 0.5) is 5.69 Å². The minimum Gasteiger partial charge on any atom is -0.497 e. The Morgan fingerprint density at radius 3 is 2.40 bits per heavy atom. The first-order chi connectivity index (χ1) is 14.5. The first-order valence-corrected chi connectivity index (χ1v) is 9.75. The van der Waals surface area contributed by atoms with E-state index in [1.165, 1.54) is 0 Å². The second kappa shape index (κ2) is 8.43. The van der Waals surface area contributed by atoms with Crippen molar-refractivity contribution in [1.29, 1.82) is 0 Å². The van der Waals surface area contributed by atoms with Crippen molar-refractivity contribution in [3.05, 3.63) is 105 Å². The number of aromatic nitrogens is 1. The van der Waals surface area contributed by atoms with E-state index >= 15 is 0 Å². The van der Waals surface area contributed by atoms with Gasteiger partial charge >= 0.3 is 0 Å². The van der Waals surface area contributed by atoms with E-state index in [0.29, 0.717) is 27.6 Å². The number of nitrogens with one attached hydrogen (secondary N) is 1. The number of pyridine rings is 1. The number of anilines is 1. The van der Waals surface area contributed by atoms with E-state index in [9.17, 15) is 9.59 Å². The topological polar surface area (TPSA) is 62.4 Å². The van der Waals surface area contributed by atoms with Gasteiger partial charge in [-0.3, -0.25) is 9.59 Å². The SMILES string of the molecule is COc1ccc(N(Cc2cc3ccccc3[nH]c2=O)C(=O)c2ccc(Cl)cc2)cc1. The van der Waals surface area contributed by atoms with Crippen molar-refractivity contribution in [2.45, 2.75) is 6.54 Å². The number of carbonyl (C=O) groups is 1. The quantitative estimate of drug-likeness (QED) is 0.494. The summed E-state index contributed by atoms with van der Waals surface area (Å²) >= 11 is 5.97. The van der Waals surface area contributed by atoms with E-state index in [1.54, 1.807) is 60.5 Å².